The molecule has 0 unspecified atom stereocenters. The van der Waals surface area contributed by atoms with Crippen molar-refractivity contribution in [3.05, 3.63) is 51.2 Å². The van der Waals surface area contributed by atoms with E-state index in [1.807, 2.05) is 0 Å². The maximum absolute atomic E-state index is 12.7. The first kappa shape index (κ1) is 16.0. The zero-order valence-electron chi connectivity index (χ0n) is 13.1. The molecule has 3 heterocycles. The van der Waals surface area contributed by atoms with Crippen LogP contribution in [0, 0.1) is 0 Å². The van der Waals surface area contributed by atoms with Gasteiger partial charge in [0.2, 0.25) is 0 Å². The second-order valence-corrected chi connectivity index (χ2v) is 7.28. The van der Waals surface area contributed by atoms with Gasteiger partial charge in [0.25, 0.3) is 11.8 Å². The number of fused-ring (bicyclic) bond motifs is 1. The summed E-state index contributed by atoms with van der Waals surface area (Å²) < 4.78 is 8.94. The van der Waals surface area contributed by atoms with Crippen LogP contribution in [0.5, 0.6) is 0 Å². The first-order valence-electron chi connectivity index (χ1n) is 7.76. The molecule has 0 spiro atoms. The second-order valence-electron chi connectivity index (χ2n) is 5.57. The molecule has 7 nitrogen and oxygen atoms in total. The summed E-state index contributed by atoms with van der Waals surface area (Å²) >= 11 is 2.58. The SMILES string of the molecule is O=C(Nc1sc2c(c1C(=O)NCc1ccco1)CCC2)c1csnn1. The minimum absolute atomic E-state index is 0.206. The van der Waals surface area contributed by atoms with Crippen molar-refractivity contribution in [3.8, 4) is 0 Å². The number of rotatable bonds is 5. The van der Waals surface area contributed by atoms with Gasteiger partial charge in [-0.25, -0.2) is 0 Å². The highest BCUT2D eigenvalue weighted by atomic mass is 32.1. The lowest BCUT2D eigenvalue weighted by Gasteiger charge is -2.08. The van der Waals surface area contributed by atoms with Crippen LogP contribution in [0.25, 0.3) is 0 Å². The van der Waals surface area contributed by atoms with Crippen LogP contribution in [0.15, 0.2) is 28.2 Å². The number of carbonyl (C=O) groups is 2. The molecule has 0 fully saturated rings. The van der Waals surface area contributed by atoms with Crippen molar-refractivity contribution in [2.75, 3.05) is 5.32 Å². The topological polar surface area (TPSA) is 97.1 Å². The lowest BCUT2D eigenvalue weighted by atomic mass is 10.1. The first-order chi connectivity index (χ1) is 12.2. The number of hydrogen-bond acceptors (Lipinski definition) is 7. The summed E-state index contributed by atoms with van der Waals surface area (Å²) in [5.41, 5.74) is 1.84. The van der Waals surface area contributed by atoms with E-state index in [2.05, 4.69) is 20.2 Å². The number of furan rings is 1. The van der Waals surface area contributed by atoms with Crippen LogP contribution < -0.4 is 10.6 Å². The molecule has 4 rings (SSSR count). The molecule has 1 aliphatic rings. The molecule has 0 saturated carbocycles. The summed E-state index contributed by atoms with van der Waals surface area (Å²) in [6, 6.07) is 3.58. The molecular formula is C16H14N4O3S2. The third-order valence-electron chi connectivity index (χ3n) is 3.97. The van der Waals surface area contributed by atoms with Gasteiger partial charge < -0.3 is 15.1 Å². The summed E-state index contributed by atoms with van der Waals surface area (Å²) in [6.07, 6.45) is 4.39. The molecule has 0 saturated heterocycles. The number of thiophene rings is 1. The predicted molar refractivity (Wildman–Crippen MR) is 94.1 cm³/mol. The average Bonchev–Trinajstić information content (AvgIpc) is 3.35. The number of nitrogens with one attached hydrogen (secondary N) is 2. The van der Waals surface area contributed by atoms with Crippen molar-refractivity contribution in [1.82, 2.24) is 14.9 Å². The van der Waals surface area contributed by atoms with Gasteiger partial charge >= 0.3 is 0 Å². The van der Waals surface area contributed by atoms with Crippen LogP contribution in [0.2, 0.25) is 0 Å². The van der Waals surface area contributed by atoms with E-state index in [0.29, 0.717) is 22.9 Å². The molecule has 0 aromatic carbocycles. The maximum Gasteiger partial charge on any atom is 0.277 e. The molecule has 1 aliphatic carbocycles. The van der Waals surface area contributed by atoms with Gasteiger partial charge in [0.05, 0.1) is 18.4 Å². The van der Waals surface area contributed by atoms with Crippen molar-refractivity contribution in [2.24, 2.45) is 0 Å². The molecule has 3 aromatic rings. The minimum atomic E-state index is -0.353. The maximum atomic E-state index is 12.7. The van der Waals surface area contributed by atoms with Crippen LogP contribution in [0.3, 0.4) is 0 Å². The molecule has 0 radical (unpaired) electrons. The zero-order valence-corrected chi connectivity index (χ0v) is 14.7. The van der Waals surface area contributed by atoms with Gasteiger partial charge in [-0.1, -0.05) is 4.49 Å². The number of nitrogens with zero attached hydrogens (tertiary/aromatic N) is 2. The van der Waals surface area contributed by atoms with Crippen LogP contribution in [-0.4, -0.2) is 21.4 Å². The van der Waals surface area contributed by atoms with Gasteiger partial charge in [-0.15, -0.1) is 16.4 Å². The van der Waals surface area contributed by atoms with E-state index in [-0.39, 0.29) is 17.5 Å². The fraction of sp³-hybridized carbons (Fsp3) is 0.250. The van der Waals surface area contributed by atoms with E-state index in [1.165, 1.54) is 11.3 Å². The van der Waals surface area contributed by atoms with Crippen molar-refractivity contribution in [3.63, 3.8) is 0 Å². The second kappa shape index (κ2) is 6.77. The Kier molecular flexibility index (Phi) is 4.33. The Morgan fingerprint density at radius 3 is 2.96 bits per heavy atom. The normalized spacial score (nSPS) is 12.8. The summed E-state index contributed by atoms with van der Waals surface area (Å²) in [5.74, 6) is 0.121. The zero-order chi connectivity index (χ0) is 17.2. The van der Waals surface area contributed by atoms with E-state index in [1.54, 1.807) is 23.8 Å². The van der Waals surface area contributed by atoms with Crippen LogP contribution in [-0.2, 0) is 19.4 Å². The summed E-state index contributed by atoms with van der Waals surface area (Å²) in [5, 5.41) is 11.6. The number of aryl methyl sites for hydroxylation is 1. The highest BCUT2D eigenvalue weighted by Crippen LogP contribution is 2.39. The lowest BCUT2D eigenvalue weighted by molar-refractivity contribution is 0.0948. The number of anilines is 1. The van der Waals surface area contributed by atoms with E-state index in [0.717, 1.165) is 41.2 Å². The third kappa shape index (κ3) is 3.20. The number of amides is 2. The average molecular weight is 374 g/mol. The minimum Gasteiger partial charge on any atom is -0.467 e. The van der Waals surface area contributed by atoms with Crippen molar-refractivity contribution >= 4 is 39.7 Å². The van der Waals surface area contributed by atoms with Gasteiger partial charge in [0, 0.05) is 10.3 Å². The number of aromatic nitrogens is 2. The largest absolute Gasteiger partial charge is 0.467 e. The monoisotopic (exact) mass is 374 g/mol. The summed E-state index contributed by atoms with van der Waals surface area (Å²) in [4.78, 5) is 26.2. The Bertz CT molecular complexity index is 900. The molecular weight excluding hydrogens is 360 g/mol. The quantitative estimate of drug-likeness (QED) is 0.716. The predicted octanol–water partition coefficient (Wildman–Crippen LogP) is 2.86. The Balaban J connectivity index is 1.57. The van der Waals surface area contributed by atoms with Gasteiger partial charge in [-0.2, -0.15) is 0 Å². The van der Waals surface area contributed by atoms with Crippen LogP contribution >= 0.6 is 22.9 Å². The van der Waals surface area contributed by atoms with Crippen LogP contribution in [0.1, 0.15) is 43.5 Å². The van der Waals surface area contributed by atoms with E-state index >= 15 is 0 Å². The Labute approximate surface area is 151 Å². The summed E-state index contributed by atoms with van der Waals surface area (Å²) in [6.45, 7) is 0.305. The molecule has 2 N–H and O–H groups in total. The molecule has 128 valence electrons. The first-order valence-corrected chi connectivity index (χ1v) is 9.41. The molecule has 3 aromatic heterocycles. The number of carbonyl (C=O) groups excluding carboxylic acids is 2. The standard InChI is InChI=1S/C16H14N4O3S2/c21-14(11-8-24-20-19-11)18-16-13(10-4-1-5-12(10)25-16)15(22)17-7-9-3-2-6-23-9/h2-3,6,8H,1,4-5,7H2,(H,17,22)(H,18,21). The molecule has 25 heavy (non-hydrogen) atoms. The molecule has 0 bridgehead atoms. The molecule has 0 atom stereocenters. The van der Waals surface area contributed by atoms with Crippen LogP contribution in [0.4, 0.5) is 5.00 Å². The molecule has 9 heteroatoms. The van der Waals surface area contributed by atoms with Crippen molar-refractivity contribution in [2.45, 2.75) is 25.8 Å². The van der Waals surface area contributed by atoms with Crippen molar-refractivity contribution < 1.29 is 14.0 Å². The highest BCUT2D eigenvalue weighted by molar-refractivity contribution is 7.17. The van der Waals surface area contributed by atoms with E-state index in [9.17, 15) is 9.59 Å². The lowest BCUT2D eigenvalue weighted by Crippen LogP contribution is -2.25. The smallest absolute Gasteiger partial charge is 0.277 e. The fourth-order valence-electron chi connectivity index (χ4n) is 2.83. The molecule has 0 aliphatic heterocycles. The number of hydrogen-bond donors (Lipinski definition) is 2. The third-order valence-corrected chi connectivity index (χ3v) is 5.68. The van der Waals surface area contributed by atoms with Crippen molar-refractivity contribution in [1.29, 1.82) is 0 Å². The molecule has 2 amide bonds. The Hall–Kier alpha value is -2.52. The van der Waals surface area contributed by atoms with Gasteiger partial charge in [-0.3, -0.25) is 9.59 Å². The van der Waals surface area contributed by atoms with E-state index in [4.69, 9.17) is 4.42 Å². The Morgan fingerprint density at radius 1 is 1.28 bits per heavy atom. The van der Waals surface area contributed by atoms with Gasteiger partial charge in [0.1, 0.15) is 10.8 Å². The summed E-state index contributed by atoms with van der Waals surface area (Å²) in [7, 11) is 0. The van der Waals surface area contributed by atoms with Gasteiger partial charge in [0.15, 0.2) is 5.69 Å². The van der Waals surface area contributed by atoms with Gasteiger partial charge in [-0.05, 0) is 48.5 Å². The highest BCUT2D eigenvalue weighted by Gasteiger charge is 2.28. The van der Waals surface area contributed by atoms with E-state index < -0.39 is 0 Å². The fourth-order valence-corrected chi connectivity index (χ4v) is 4.55. The Morgan fingerprint density at radius 2 is 2.20 bits per heavy atom.